The fourth-order valence-electron chi connectivity index (χ4n) is 1.34. The van der Waals surface area contributed by atoms with E-state index in [0.717, 1.165) is 32.1 Å². The van der Waals surface area contributed by atoms with Gasteiger partial charge in [-0.15, -0.1) is 0 Å². The fourth-order valence-corrected chi connectivity index (χ4v) is 1.34. The Morgan fingerprint density at radius 3 is 3.10 bits per heavy atom. The Morgan fingerprint density at radius 2 is 2.30 bits per heavy atom. The second-order valence-electron chi connectivity index (χ2n) is 3.17. The number of aliphatic hydroxyl groups is 1. The minimum absolute atomic E-state index is 0.0383. The topological polar surface area (TPSA) is 20.2 Å². The van der Waals surface area contributed by atoms with Gasteiger partial charge in [-0.05, 0) is 39.0 Å². The molecule has 1 unspecified atom stereocenters. The number of rotatable bonds is 0. The van der Waals surface area contributed by atoms with Crippen LogP contribution in [0.5, 0.6) is 0 Å². The number of hydrogen-bond acceptors (Lipinski definition) is 1. The molecule has 1 rings (SSSR count). The van der Waals surface area contributed by atoms with Gasteiger partial charge in [-0.25, -0.2) is 0 Å². The summed E-state index contributed by atoms with van der Waals surface area (Å²) in [5.41, 5.74) is 1.44. The molecule has 1 aliphatic carbocycles. The van der Waals surface area contributed by atoms with Crippen LogP contribution in [0.4, 0.5) is 0 Å². The van der Waals surface area contributed by atoms with Crippen molar-refractivity contribution in [3.63, 3.8) is 0 Å². The molecule has 0 bridgehead atoms. The van der Waals surface area contributed by atoms with E-state index in [1.807, 2.05) is 0 Å². The van der Waals surface area contributed by atoms with E-state index >= 15 is 0 Å². The van der Waals surface area contributed by atoms with Gasteiger partial charge < -0.3 is 5.11 Å². The minimum Gasteiger partial charge on any atom is -0.393 e. The van der Waals surface area contributed by atoms with E-state index in [2.05, 4.69) is 13.0 Å². The van der Waals surface area contributed by atoms with Crippen molar-refractivity contribution in [1.29, 1.82) is 0 Å². The summed E-state index contributed by atoms with van der Waals surface area (Å²) >= 11 is 0. The highest BCUT2D eigenvalue weighted by Crippen LogP contribution is 2.16. The first kappa shape index (κ1) is 7.80. The average molecular weight is 140 g/mol. The van der Waals surface area contributed by atoms with Gasteiger partial charge >= 0.3 is 0 Å². The highest BCUT2D eigenvalue weighted by atomic mass is 16.3. The molecule has 1 heteroatoms. The quantitative estimate of drug-likeness (QED) is 0.512. The Balaban J connectivity index is 2.39. The van der Waals surface area contributed by atoms with Crippen LogP contribution in [-0.2, 0) is 0 Å². The van der Waals surface area contributed by atoms with Gasteiger partial charge in [-0.3, -0.25) is 0 Å². The molecule has 0 saturated carbocycles. The zero-order valence-corrected chi connectivity index (χ0v) is 6.64. The maximum absolute atomic E-state index is 9.30. The lowest BCUT2D eigenvalue weighted by Gasteiger charge is -2.12. The van der Waals surface area contributed by atoms with Crippen molar-refractivity contribution in [1.82, 2.24) is 0 Å². The summed E-state index contributed by atoms with van der Waals surface area (Å²) in [6.45, 7) is 2.15. The number of allylic oxidation sites excluding steroid dienone is 2. The molecule has 0 saturated heterocycles. The van der Waals surface area contributed by atoms with Crippen LogP contribution in [0.3, 0.4) is 0 Å². The molecule has 1 nitrogen and oxygen atoms in total. The van der Waals surface area contributed by atoms with Gasteiger partial charge in [-0.2, -0.15) is 0 Å². The van der Waals surface area contributed by atoms with E-state index in [1.54, 1.807) is 0 Å². The van der Waals surface area contributed by atoms with Crippen LogP contribution in [0.25, 0.3) is 0 Å². The highest BCUT2D eigenvalue weighted by molar-refractivity contribution is 4.99. The Labute approximate surface area is 62.8 Å². The molecule has 0 aromatic rings. The third kappa shape index (κ3) is 2.53. The van der Waals surface area contributed by atoms with E-state index in [-0.39, 0.29) is 6.10 Å². The second-order valence-corrected chi connectivity index (χ2v) is 3.17. The van der Waals surface area contributed by atoms with Crippen LogP contribution in [0.15, 0.2) is 11.6 Å². The van der Waals surface area contributed by atoms with Crippen LogP contribution in [0.1, 0.15) is 39.0 Å². The van der Waals surface area contributed by atoms with Gasteiger partial charge in [0.15, 0.2) is 0 Å². The zero-order chi connectivity index (χ0) is 7.40. The van der Waals surface area contributed by atoms with Crippen molar-refractivity contribution in [2.45, 2.75) is 45.1 Å². The fraction of sp³-hybridized carbons (Fsp3) is 0.778. The third-order valence-corrected chi connectivity index (χ3v) is 2.11. The number of hydrogen-bond donors (Lipinski definition) is 1. The van der Waals surface area contributed by atoms with Gasteiger partial charge in [0.2, 0.25) is 0 Å². The summed E-state index contributed by atoms with van der Waals surface area (Å²) in [5, 5.41) is 9.30. The molecule has 0 aliphatic heterocycles. The molecule has 0 heterocycles. The first-order chi connectivity index (χ1) is 4.79. The zero-order valence-electron chi connectivity index (χ0n) is 6.64. The molecule has 10 heavy (non-hydrogen) atoms. The molecule has 0 spiro atoms. The maximum atomic E-state index is 9.30. The van der Waals surface area contributed by atoms with Crippen molar-refractivity contribution in [3.05, 3.63) is 11.6 Å². The average Bonchev–Trinajstić information content (AvgIpc) is 1.90. The lowest BCUT2D eigenvalue weighted by atomic mass is 9.99. The van der Waals surface area contributed by atoms with Gasteiger partial charge in [0.05, 0.1) is 6.10 Å². The van der Waals surface area contributed by atoms with Crippen LogP contribution < -0.4 is 0 Å². The van der Waals surface area contributed by atoms with Crippen molar-refractivity contribution >= 4 is 0 Å². The van der Waals surface area contributed by atoms with E-state index < -0.39 is 0 Å². The third-order valence-electron chi connectivity index (χ3n) is 2.11. The van der Waals surface area contributed by atoms with Crippen molar-refractivity contribution < 1.29 is 5.11 Å². The largest absolute Gasteiger partial charge is 0.393 e. The molecule has 1 atom stereocenters. The molecule has 1 N–H and O–H groups in total. The molecular weight excluding hydrogens is 124 g/mol. The van der Waals surface area contributed by atoms with Crippen LogP contribution in [0.2, 0.25) is 0 Å². The van der Waals surface area contributed by atoms with Gasteiger partial charge in [0, 0.05) is 0 Å². The Hall–Kier alpha value is -0.300. The number of aliphatic hydroxyl groups excluding tert-OH is 1. The van der Waals surface area contributed by atoms with E-state index in [0.29, 0.717) is 0 Å². The molecule has 0 amide bonds. The summed E-state index contributed by atoms with van der Waals surface area (Å²) in [6.07, 6.45) is 7.60. The molecular formula is C9H16O. The summed E-state index contributed by atoms with van der Waals surface area (Å²) in [4.78, 5) is 0. The summed E-state index contributed by atoms with van der Waals surface area (Å²) < 4.78 is 0. The van der Waals surface area contributed by atoms with Gasteiger partial charge in [0.1, 0.15) is 0 Å². The van der Waals surface area contributed by atoms with Crippen LogP contribution >= 0.6 is 0 Å². The first-order valence-corrected chi connectivity index (χ1v) is 4.13. The predicted octanol–water partition coefficient (Wildman–Crippen LogP) is 2.26. The normalized spacial score (nSPS) is 28.6. The van der Waals surface area contributed by atoms with Crippen molar-refractivity contribution in [2.75, 3.05) is 0 Å². The lowest BCUT2D eigenvalue weighted by Crippen LogP contribution is -2.07. The van der Waals surface area contributed by atoms with E-state index in [1.165, 1.54) is 5.57 Å². The second kappa shape index (κ2) is 3.77. The summed E-state index contributed by atoms with van der Waals surface area (Å²) in [7, 11) is 0. The predicted molar refractivity (Wildman–Crippen MR) is 42.8 cm³/mol. The van der Waals surface area contributed by atoms with Gasteiger partial charge in [0.25, 0.3) is 0 Å². The van der Waals surface area contributed by atoms with Crippen LogP contribution in [0, 0.1) is 0 Å². The van der Waals surface area contributed by atoms with Crippen molar-refractivity contribution in [2.24, 2.45) is 0 Å². The van der Waals surface area contributed by atoms with E-state index in [4.69, 9.17) is 0 Å². The molecule has 0 fully saturated rings. The molecule has 58 valence electrons. The summed E-state index contributed by atoms with van der Waals surface area (Å²) in [6, 6.07) is 0. The Kier molecular flexibility index (Phi) is 2.94. The Morgan fingerprint density at radius 1 is 1.50 bits per heavy atom. The monoisotopic (exact) mass is 140 g/mol. The highest BCUT2D eigenvalue weighted by Gasteiger charge is 2.05. The first-order valence-electron chi connectivity index (χ1n) is 4.13. The maximum Gasteiger partial charge on any atom is 0.0543 e. The molecule has 0 aromatic carbocycles. The lowest BCUT2D eigenvalue weighted by molar-refractivity contribution is 0.151. The molecule has 0 radical (unpaired) electrons. The standard InChI is InChI=1S/C9H16O/c1-8-4-2-3-5-9(10)7-6-8/h4,9-10H,2-3,5-7H2,1H3. The van der Waals surface area contributed by atoms with Gasteiger partial charge in [-0.1, -0.05) is 11.6 Å². The minimum atomic E-state index is -0.0383. The van der Waals surface area contributed by atoms with Crippen LogP contribution in [-0.4, -0.2) is 11.2 Å². The van der Waals surface area contributed by atoms with E-state index in [9.17, 15) is 5.11 Å². The Bertz CT molecular complexity index is 127. The molecule has 1 aliphatic rings. The van der Waals surface area contributed by atoms with Crippen molar-refractivity contribution in [3.8, 4) is 0 Å². The smallest absolute Gasteiger partial charge is 0.0543 e. The molecule has 0 aromatic heterocycles. The SMILES string of the molecule is CC1=CCCCC(O)CC1. The summed E-state index contributed by atoms with van der Waals surface area (Å²) in [5.74, 6) is 0.